The number of ether oxygens (including phenoxy) is 2. The van der Waals surface area contributed by atoms with Gasteiger partial charge in [0.15, 0.2) is 0 Å². The van der Waals surface area contributed by atoms with Gasteiger partial charge in [0, 0.05) is 25.8 Å². The fourth-order valence-corrected chi connectivity index (χ4v) is 3.71. The normalized spacial score (nSPS) is 16.9. The maximum Gasteiger partial charge on any atom is 0.211 e. The van der Waals surface area contributed by atoms with Gasteiger partial charge in [0.05, 0.1) is 19.5 Å². The molecule has 1 aromatic carbocycles. The number of aldehydes is 1. The van der Waals surface area contributed by atoms with Crippen molar-refractivity contribution >= 4 is 16.3 Å². The van der Waals surface area contributed by atoms with E-state index in [0.717, 1.165) is 30.4 Å². The Hall–Kier alpha value is -1.44. The number of carbonyl (C=O) groups excluding carboxylic acids is 1. The van der Waals surface area contributed by atoms with Gasteiger partial charge in [0.1, 0.15) is 12.0 Å². The van der Waals surface area contributed by atoms with E-state index in [-0.39, 0.29) is 0 Å². The molecule has 0 N–H and O–H groups in total. The highest BCUT2D eigenvalue weighted by atomic mass is 32.2. The molecule has 6 nitrogen and oxygen atoms in total. The Balaban J connectivity index is 1.93. The second-order valence-corrected chi connectivity index (χ2v) is 8.13. The van der Waals surface area contributed by atoms with E-state index < -0.39 is 10.0 Å². The largest absolute Gasteiger partial charge is 0.493 e. The predicted octanol–water partition coefficient (Wildman–Crippen LogP) is 1.74. The number of carbonyl (C=O) groups is 1. The van der Waals surface area contributed by atoms with Crippen molar-refractivity contribution in [3.63, 3.8) is 0 Å². The molecule has 0 saturated carbocycles. The van der Waals surface area contributed by atoms with Crippen molar-refractivity contribution in [2.45, 2.75) is 19.3 Å². The van der Waals surface area contributed by atoms with Gasteiger partial charge in [-0.1, -0.05) is 0 Å². The molecule has 0 aromatic heterocycles. The van der Waals surface area contributed by atoms with Gasteiger partial charge >= 0.3 is 0 Å². The van der Waals surface area contributed by atoms with Crippen molar-refractivity contribution in [2.75, 3.05) is 39.7 Å². The Morgan fingerprint density at radius 3 is 2.58 bits per heavy atom. The monoisotopic (exact) mass is 355 g/mol. The molecule has 1 aromatic rings. The third-order valence-corrected chi connectivity index (χ3v) is 5.62. The molecule has 1 heterocycles. The topological polar surface area (TPSA) is 72.9 Å². The lowest BCUT2D eigenvalue weighted by atomic mass is 9.99. The van der Waals surface area contributed by atoms with Crippen LogP contribution < -0.4 is 4.74 Å². The third kappa shape index (κ3) is 5.29. The molecule has 0 aliphatic carbocycles. The van der Waals surface area contributed by atoms with E-state index in [2.05, 4.69) is 0 Å². The molecule has 1 fully saturated rings. The van der Waals surface area contributed by atoms with Crippen LogP contribution in [0.3, 0.4) is 0 Å². The summed E-state index contributed by atoms with van der Waals surface area (Å²) in [6.07, 6.45) is 4.35. The first kappa shape index (κ1) is 18.9. The summed E-state index contributed by atoms with van der Waals surface area (Å²) in [4.78, 5) is 10.9. The van der Waals surface area contributed by atoms with E-state index in [4.69, 9.17) is 9.47 Å². The molecule has 0 bridgehead atoms. The molecule has 0 atom stereocenters. The van der Waals surface area contributed by atoms with E-state index in [0.29, 0.717) is 44.2 Å². The van der Waals surface area contributed by atoms with Crippen molar-refractivity contribution < 1.29 is 22.7 Å². The summed E-state index contributed by atoms with van der Waals surface area (Å²) in [5, 5.41) is 0. The lowest BCUT2D eigenvalue weighted by Crippen LogP contribution is -2.39. The number of methoxy groups -OCH3 is 1. The van der Waals surface area contributed by atoms with Gasteiger partial charge in [-0.25, -0.2) is 12.7 Å². The number of nitrogens with zero attached hydrogens (tertiary/aromatic N) is 1. The van der Waals surface area contributed by atoms with Crippen molar-refractivity contribution in [3.8, 4) is 5.75 Å². The second-order valence-electron chi connectivity index (χ2n) is 6.14. The summed E-state index contributed by atoms with van der Waals surface area (Å²) >= 11 is 0. The van der Waals surface area contributed by atoms with E-state index in [1.807, 2.05) is 12.1 Å². The number of rotatable bonds is 8. The van der Waals surface area contributed by atoms with Crippen LogP contribution in [0.2, 0.25) is 0 Å². The summed E-state index contributed by atoms with van der Waals surface area (Å²) in [7, 11) is -1.46. The van der Waals surface area contributed by atoms with Gasteiger partial charge in [-0.2, -0.15) is 0 Å². The molecule has 0 radical (unpaired) electrons. The fraction of sp³-hybridized carbons (Fsp3) is 0.588. The van der Waals surface area contributed by atoms with Gasteiger partial charge in [-0.3, -0.25) is 4.79 Å². The number of hydrogen-bond acceptors (Lipinski definition) is 5. The first-order chi connectivity index (χ1) is 11.4. The Morgan fingerprint density at radius 2 is 2.00 bits per heavy atom. The molecule has 2 rings (SSSR count). The van der Waals surface area contributed by atoms with Crippen LogP contribution in [-0.4, -0.2) is 58.7 Å². The summed E-state index contributed by atoms with van der Waals surface area (Å²) in [6.45, 7) is 2.21. The Morgan fingerprint density at radius 1 is 1.29 bits per heavy atom. The van der Waals surface area contributed by atoms with Crippen LogP contribution in [0.5, 0.6) is 5.75 Å². The average Bonchev–Trinajstić information content (AvgIpc) is 2.58. The smallest absolute Gasteiger partial charge is 0.211 e. The van der Waals surface area contributed by atoms with Crippen LogP contribution in [0, 0.1) is 5.92 Å². The van der Waals surface area contributed by atoms with Crippen molar-refractivity contribution in [2.24, 2.45) is 5.92 Å². The van der Waals surface area contributed by atoms with Crippen LogP contribution in [0.4, 0.5) is 0 Å². The molecule has 24 heavy (non-hydrogen) atoms. The zero-order chi connectivity index (χ0) is 17.6. The number of benzene rings is 1. The minimum absolute atomic E-state index is 0.337. The average molecular weight is 355 g/mol. The maximum absolute atomic E-state index is 11.5. The summed E-state index contributed by atoms with van der Waals surface area (Å²) in [5.74, 6) is 1.10. The van der Waals surface area contributed by atoms with Gasteiger partial charge in [-0.05, 0) is 48.9 Å². The van der Waals surface area contributed by atoms with E-state index in [1.54, 1.807) is 13.2 Å². The van der Waals surface area contributed by atoms with E-state index in [1.165, 1.54) is 10.6 Å². The van der Waals surface area contributed by atoms with Crippen LogP contribution >= 0.6 is 0 Å². The predicted molar refractivity (Wildman–Crippen MR) is 92.0 cm³/mol. The maximum atomic E-state index is 11.5. The number of piperidine rings is 1. The van der Waals surface area contributed by atoms with Gasteiger partial charge in [0.2, 0.25) is 10.0 Å². The molecule has 0 spiro atoms. The SMILES string of the molecule is COCCc1cc(C=O)ccc1OCC1CCN(S(C)(=O)=O)CC1. The Kier molecular flexibility index (Phi) is 6.77. The second kappa shape index (κ2) is 8.60. The van der Waals surface area contributed by atoms with Crippen LogP contribution in [-0.2, 0) is 21.2 Å². The van der Waals surface area contributed by atoms with Crippen LogP contribution in [0.15, 0.2) is 18.2 Å². The highest BCUT2D eigenvalue weighted by Gasteiger charge is 2.25. The summed E-state index contributed by atoms with van der Waals surface area (Å²) in [6, 6.07) is 5.39. The van der Waals surface area contributed by atoms with E-state index >= 15 is 0 Å². The minimum Gasteiger partial charge on any atom is -0.493 e. The first-order valence-electron chi connectivity index (χ1n) is 8.09. The molecule has 0 unspecified atom stereocenters. The quantitative estimate of drug-likeness (QED) is 0.664. The molecular formula is C17H25NO5S. The molecular weight excluding hydrogens is 330 g/mol. The van der Waals surface area contributed by atoms with Crippen molar-refractivity contribution in [1.82, 2.24) is 4.31 Å². The van der Waals surface area contributed by atoms with Crippen molar-refractivity contribution in [3.05, 3.63) is 29.3 Å². The number of hydrogen-bond donors (Lipinski definition) is 0. The molecule has 1 aliphatic heterocycles. The molecule has 0 amide bonds. The summed E-state index contributed by atoms with van der Waals surface area (Å²) in [5.41, 5.74) is 1.57. The van der Waals surface area contributed by atoms with Gasteiger partial charge in [-0.15, -0.1) is 0 Å². The zero-order valence-corrected chi connectivity index (χ0v) is 15.0. The highest BCUT2D eigenvalue weighted by molar-refractivity contribution is 7.88. The van der Waals surface area contributed by atoms with Crippen molar-refractivity contribution in [1.29, 1.82) is 0 Å². The molecule has 7 heteroatoms. The standard InChI is InChI=1S/C17H25NO5S/c1-22-10-7-16-11-15(12-19)3-4-17(16)23-13-14-5-8-18(9-6-14)24(2,20)21/h3-4,11-12,14H,5-10,13H2,1-2H3. The molecule has 1 aliphatic rings. The summed E-state index contributed by atoms with van der Waals surface area (Å²) < 4.78 is 35.6. The van der Waals surface area contributed by atoms with Crippen LogP contribution in [0.1, 0.15) is 28.8 Å². The first-order valence-corrected chi connectivity index (χ1v) is 9.94. The Labute approximate surface area is 143 Å². The zero-order valence-electron chi connectivity index (χ0n) is 14.2. The molecule has 1 saturated heterocycles. The minimum atomic E-state index is -3.10. The van der Waals surface area contributed by atoms with Crippen LogP contribution in [0.25, 0.3) is 0 Å². The van der Waals surface area contributed by atoms with Gasteiger partial charge in [0.25, 0.3) is 0 Å². The van der Waals surface area contributed by atoms with E-state index in [9.17, 15) is 13.2 Å². The van der Waals surface area contributed by atoms with Gasteiger partial charge < -0.3 is 9.47 Å². The third-order valence-electron chi connectivity index (χ3n) is 4.31. The fourth-order valence-electron chi connectivity index (χ4n) is 2.84. The lowest BCUT2D eigenvalue weighted by Gasteiger charge is -2.30. The molecule has 134 valence electrons. The Bertz CT molecular complexity index is 651. The lowest BCUT2D eigenvalue weighted by molar-refractivity contribution is 0.112. The number of sulfonamides is 1. The highest BCUT2D eigenvalue weighted by Crippen LogP contribution is 2.24.